The molecule has 4 nitrogen and oxygen atoms in total. The Morgan fingerprint density at radius 2 is 1.36 bits per heavy atom. The highest BCUT2D eigenvalue weighted by Gasteiger charge is 2.10. The third-order valence-corrected chi connectivity index (χ3v) is 4.87. The lowest BCUT2D eigenvalue weighted by Crippen LogP contribution is -2.01. The molecule has 25 heavy (non-hydrogen) atoms. The summed E-state index contributed by atoms with van der Waals surface area (Å²) in [5, 5.41) is 3.25. The van der Waals surface area contributed by atoms with Gasteiger partial charge in [0.1, 0.15) is 0 Å². The highest BCUT2D eigenvalue weighted by molar-refractivity contribution is 7.84. The SMILES string of the molecule is O=S(=O)([O-])Cc1ccc(-c2nc3ccccc3c3ccccc23)cc1. The molecule has 0 aliphatic rings. The monoisotopic (exact) mass is 348 g/mol. The highest BCUT2D eigenvalue weighted by atomic mass is 32.2. The molecule has 0 fully saturated rings. The van der Waals surface area contributed by atoms with Crippen molar-refractivity contribution in [2.75, 3.05) is 0 Å². The van der Waals surface area contributed by atoms with Crippen LogP contribution in [-0.2, 0) is 15.9 Å². The summed E-state index contributed by atoms with van der Waals surface area (Å²) in [5.41, 5.74) is 3.10. The molecular weight excluding hydrogens is 334 g/mol. The maximum absolute atomic E-state index is 10.9. The molecular formula is C20H14NO3S-. The van der Waals surface area contributed by atoms with Gasteiger partial charge in [0.05, 0.1) is 27.1 Å². The van der Waals surface area contributed by atoms with E-state index in [0.717, 1.165) is 32.9 Å². The Bertz CT molecular complexity index is 1180. The van der Waals surface area contributed by atoms with Crippen LogP contribution >= 0.6 is 0 Å². The van der Waals surface area contributed by atoms with Gasteiger partial charge in [-0.2, -0.15) is 0 Å². The van der Waals surface area contributed by atoms with Crippen LogP contribution in [0.4, 0.5) is 0 Å². The summed E-state index contributed by atoms with van der Waals surface area (Å²) in [6.45, 7) is 0. The fourth-order valence-corrected chi connectivity index (χ4v) is 3.69. The van der Waals surface area contributed by atoms with Crippen LogP contribution in [0.2, 0.25) is 0 Å². The predicted octanol–water partition coefficient (Wildman–Crippen LogP) is 4.10. The van der Waals surface area contributed by atoms with Gasteiger partial charge < -0.3 is 4.55 Å². The molecule has 3 aromatic carbocycles. The zero-order chi connectivity index (χ0) is 17.4. The Labute approximate surface area is 145 Å². The fourth-order valence-electron chi connectivity index (χ4n) is 3.09. The second-order valence-corrected chi connectivity index (χ2v) is 7.33. The molecule has 4 rings (SSSR count). The molecule has 0 saturated heterocycles. The summed E-state index contributed by atoms with van der Waals surface area (Å²) in [5.74, 6) is -0.501. The Balaban J connectivity index is 1.91. The summed E-state index contributed by atoms with van der Waals surface area (Å²) < 4.78 is 32.7. The van der Waals surface area contributed by atoms with E-state index in [2.05, 4.69) is 12.1 Å². The van der Waals surface area contributed by atoms with Gasteiger partial charge in [0.15, 0.2) is 0 Å². The van der Waals surface area contributed by atoms with Crippen LogP contribution in [0.3, 0.4) is 0 Å². The summed E-state index contributed by atoms with van der Waals surface area (Å²) in [6, 6.07) is 23.0. The maximum Gasteiger partial charge on any atom is 0.0988 e. The van der Waals surface area contributed by atoms with Crippen molar-refractivity contribution in [2.45, 2.75) is 5.75 Å². The Morgan fingerprint density at radius 3 is 2.04 bits per heavy atom. The lowest BCUT2D eigenvalue weighted by Gasteiger charge is -2.11. The third-order valence-electron chi connectivity index (χ3n) is 4.18. The van der Waals surface area contributed by atoms with Crippen molar-refractivity contribution in [3.63, 3.8) is 0 Å². The van der Waals surface area contributed by atoms with Crippen molar-refractivity contribution in [3.05, 3.63) is 78.4 Å². The summed E-state index contributed by atoms with van der Waals surface area (Å²) >= 11 is 0. The van der Waals surface area contributed by atoms with Crippen LogP contribution in [0.1, 0.15) is 5.56 Å². The van der Waals surface area contributed by atoms with Crippen LogP contribution in [0.15, 0.2) is 72.8 Å². The van der Waals surface area contributed by atoms with Crippen LogP contribution in [-0.4, -0.2) is 18.0 Å². The van der Waals surface area contributed by atoms with Gasteiger partial charge in [0.2, 0.25) is 0 Å². The van der Waals surface area contributed by atoms with Crippen molar-refractivity contribution in [1.82, 2.24) is 4.98 Å². The molecule has 1 heterocycles. The van der Waals surface area contributed by atoms with Crippen LogP contribution in [0, 0.1) is 0 Å². The number of rotatable bonds is 3. The van der Waals surface area contributed by atoms with Crippen molar-refractivity contribution in [1.29, 1.82) is 0 Å². The molecule has 0 spiro atoms. The topological polar surface area (TPSA) is 70.1 Å². The molecule has 0 saturated carbocycles. The van der Waals surface area contributed by atoms with Gasteiger partial charge in [-0.25, -0.2) is 13.4 Å². The van der Waals surface area contributed by atoms with E-state index >= 15 is 0 Å². The number of hydrogen-bond donors (Lipinski definition) is 0. The third kappa shape index (κ3) is 3.12. The van der Waals surface area contributed by atoms with Crippen LogP contribution < -0.4 is 0 Å². The number of fused-ring (bicyclic) bond motifs is 3. The van der Waals surface area contributed by atoms with Crippen LogP contribution in [0.25, 0.3) is 32.9 Å². The second-order valence-electron chi connectivity index (χ2n) is 5.92. The molecule has 0 amide bonds. The lowest BCUT2D eigenvalue weighted by atomic mass is 9.99. The van der Waals surface area contributed by atoms with Crippen molar-refractivity contribution in [2.24, 2.45) is 0 Å². The zero-order valence-electron chi connectivity index (χ0n) is 13.2. The minimum Gasteiger partial charge on any atom is -0.748 e. The second kappa shape index (κ2) is 5.95. The number of para-hydroxylation sites is 1. The maximum atomic E-state index is 10.9. The average Bonchev–Trinajstić information content (AvgIpc) is 2.60. The van der Waals surface area contributed by atoms with Crippen LogP contribution in [0.5, 0.6) is 0 Å². The first kappa shape index (κ1) is 15.7. The molecule has 0 radical (unpaired) electrons. The summed E-state index contributed by atoms with van der Waals surface area (Å²) in [4.78, 5) is 4.80. The van der Waals surface area contributed by atoms with Crippen molar-refractivity contribution in [3.8, 4) is 11.3 Å². The molecule has 1 aromatic heterocycles. The molecule has 124 valence electrons. The van der Waals surface area contributed by atoms with E-state index in [9.17, 15) is 13.0 Å². The zero-order valence-corrected chi connectivity index (χ0v) is 14.0. The number of pyridine rings is 1. The average molecular weight is 348 g/mol. The normalized spacial score (nSPS) is 11.9. The molecule has 0 bridgehead atoms. The van der Waals surface area contributed by atoms with E-state index in [1.807, 2.05) is 48.5 Å². The molecule has 0 unspecified atom stereocenters. The van der Waals surface area contributed by atoms with Crippen molar-refractivity contribution < 1.29 is 13.0 Å². The smallest absolute Gasteiger partial charge is 0.0988 e. The summed E-state index contributed by atoms with van der Waals surface area (Å²) in [7, 11) is -4.28. The first-order chi connectivity index (χ1) is 12.0. The van der Waals surface area contributed by atoms with Gasteiger partial charge in [-0.1, -0.05) is 66.7 Å². The van der Waals surface area contributed by atoms with Gasteiger partial charge in [-0.15, -0.1) is 0 Å². The van der Waals surface area contributed by atoms with Crippen molar-refractivity contribution >= 4 is 31.8 Å². The van der Waals surface area contributed by atoms with E-state index in [0.29, 0.717) is 5.56 Å². The van der Waals surface area contributed by atoms with Gasteiger partial charge >= 0.3 is 0 Å². The largest absolute Gasteiger partial charge is 0.748 e. The molecule has 4 aromatic rings. The minimum absolute atomic E-state index is 0.476. The van der Waals surface area contributed by atoms with E-state index in [-0.39, 0.29) is 0 Å². The predicted molar refractivity (Wildman–Crippen MR) is 98.1 cm³/mol. The molecule has 0 atom stereocenters. The highest BCUT2D eigenvalue weighted by Crippen LogP contribution is 2.32. The minimum atomic E-state index is -4.28. The number of aromatic nitrogens is 1. The van der Waals surface area contributed by atoms with E-state index < -0.39 is 15.9 Å². The lowest BCUT2D eigenvalue weighted by molar-refractivity contribution is 0.462. The van der Waals surface area contributed by atoms with Gasteiger partial charge in [-0.3, -0.25) is 0 Å². The Kier molecular flexibility index (Phi) is 3.75. The summed E-state index contributed by atoms with van der Waals surface area (Å²) in [6.07, 6.45) is 0. The number of benzene rings is 3. The fraction of sp³-hybridized carbons (Fsp3) is 0.0500. The first-order valence-electron chi connectivity index (χ1n) is 7.82. The molecule has 0 aliphatic carbocycles. The van der Waals surface area contributed by atoms with E-state index in [1.165, 1.54) is 0 Å². The van der Waals surface area contributed by atoms with E-state index in [1.54, 1.807) is 12.1 Å². The number of nitrogens with zero attached hydrogens (tertiary/aromatic N) is 1. The standard InChI is InChI=1S/C20H15NO3S/c22-25(23,24)13-14-9-11-15(12-10-14)20-18-7-2-1-5-16(18)17-6-3-4-8-19(17)21-20/h1-12H,13H2,(H,22,23,24)/p-1. The Hall–Kier alpha value is -2.76. The van der Waals surface area contributed by atoms with E-state index in [4.69, 9.17) is 4.98 Å². The van der Waals surface area contributed by atoms with Gasteiger partial charge in [0, 0.05) is 16.3 Å². The van der Waals surface area contributed by atoms with Gasteiger partial charge in [-0.05, 0) is 17.0 Å². The molecule has 0 N–H and O–H groups in total. The Morgan fingerprint density at radius 1 is 0.760 bits per heavy atom. The first-order valence-corrected chi connectivity index (χ1v) is 9.39. The molecule has 5 heteroatoms. The quantitative estimate of drug-likeness (QED) is 0.413. The molecule has 0 aliphatic heterocycles. The number of hydrogen-bond acceptors (Lipinski definition) is 4. The van der Waals surface area contributed by atoms with Gasteiger partial charge in [0.25, 0.3) is 0 Å².